The molecule has 0 saturated heterocycles. The van der Waals surface area contributed by atoms with E-state index in [-0.39, 0.29) is 6.61 Å². The van der Waals surface area contributed by atoms with Crippen LogP contribution in [0.1, 0.15) is 24.2 Å². The molecule has 0 aliphatic heterocycles. The highest BCUT2D eigenvalue weighted by Crippen LogP contribution is 2.31. The molecule has 15 heavy (non-hydrogen) atoms. The Morgan fingerprint density at radius 1 is 1.47 bits per heavy atom. The van der Waals surface area contributed by atoms with Crippen molar-refractivity contribution in [1.82, 2.24) is 9.97 Å². The Bertz CT molecular complexity index is 350. The molecule has 82 valence electrons. The Labute approximate surface area is 90.0 Å². The fraction of sp³-hybridized carbons (Fsp3) is 0.636. The van der Waals surface area contributed by atoms with Gasteiger partial charge in [-0.25, -0.2) is 4.98 Å². The predicted octanol–water partition coefficient (Wildman–Crippen LogP) is 1.05. The molecule has 0 radical (unpaired) electrons. The predicted molar refractivity (Wildman–Crippen MR) is 59.0 cm³/mol. The lowest BCUT2D eigenvalue weighted by Crippen LogP contribution is -2.30. The molecule has 0 unspecified atom stereocenters. The Kier molecular flexibility index (Phi) is 2.86. The molecular formula is C11H17N3O. The number of aromatic nitrogens is 2. The minimum atomic E-state index is 0.172. The molecule has 0 amide bonds. The summed E-state index contributed by atoms with van der Waals surface area (Å²) in [7, 11) is 0. The number of rotatable bonds is 4. The van der Waals surface area contributed by atoms with Crippen LogP contribution < -0.4 is 4.90 Å². The van der Waals surface area contributed by atoms with Gasteiger partial charge in [-0.1, -0.05) is 0 Å². The van der Waals surface area contributed by atoms with E-state index in [4.69, 9.17) is 5.11 Å². The van der Waals surface area contributed by atoms with Gasteiger partial charge in [0, 0.05) is 18.8 Å². The topological polar surface area (TPSA) is 49.2 Å². The van der Waals surface area contributed by atoms with E-state index < -0.39 is 0 Å². The van der Waals surface area contributed by atoms with Crippen LogP contribution in [0.25, 0.3) is 0 Å². The summed E-state index contributed by atoms with van der Waals surface area (Å²) in [5, 5.41) is 9.04. The molecule has 0 spiro atoms. The highest BCUT2D eigenvalue weighted by Gasteiger charge is 2.30. The van der Waals surface area contributed by atoms with Gasteiger partial charge in [0.2, 0.25) is 0 Å². The first-order chi connectivity index (χ1) is 7.22. The van der Waals surface area contributed by atoms with Gasteiger partial charge < -0.3 is 10.0 Å². The van der Waals surface area contributed by atoms with Crippen LogP contribution in [0.2, 0.25) is 0 Å². The van der Waals surface area contributed by atoms with Crippen molar-refractivity contribution in [2.45, 2.75) is 32.7 Å². The quantitative estimate of drug-likeness (QED) is 0.802. The summed E-state index contributed by atoms with van der Waals surface area (Å²) in [6.07, 6.45) is 4.19. The second-order valence-electron chi connectivity index (χ2n) is 4.07. The second kappa shape index (κ2) is 4.14. The van der Waals surface area contributed by atoms with Gasteiger partial charge in [-0.05, 0) is 26.7 Å². The van der Waals surface area contributed by atoms with E-state index in [1.807, 2.05) is 13.8 Å². The summed E-state index contributed by atoms with van der Waals surface area (Å²) >= 11 is 0. The molecule has 1 fully saturated rings. The van der Waals surface area contributed by atoms with Crippen molar-refractivity contribution in [3.05, 3.63) is 17.6 Å². The summed E-state index contributed by atoms with van der Waals surface area (Å²) in [4.78, 5) is 11.0. The average molecular weight is 207 g/mol. The molecule has 1 aromatic rings. The zero-order valence-corrected chi connectivity index (χ0v) is 9.27. The molecule has 0 atom stereocenters. The van der Waals surface area contributed by atoms with Crippen molar-refractivity contribution in [3.8, 4) is 0 Å². The van der Waals surface area contributed by atoms with E-state index in [2.05, 4.69) is 14.9 Å². The van der Waals surface area contributed by atoms with Crippen molar-refractivity contribution >= 4 is 5.82 Å². The van der Waals surface area contributed by atoms with Crippen molar-refractivity contribution in [3.63, 3.8) is 0 Å². The van der Waals surface area contributed by atoms with E-state index in [0.717, 1.165) is 17.2 Å². The zero-order chi connectivity index (χ0) is 10.8. The summed E-state index contributed by atoms with van der Waals surface area (Å²) < 4.78 is 0. The van der Waals surface area contributed by atoms with Crippen LogP contribution in [-0.2, 0) is 0 Å². The number of aliphatic hydroxyl groups is 1. The standard InChI is InChI=1S/C11H17N3O/c1-8-7-12-9(2)11(13-8)14(5-6-15)10-3-4-10/h7,10,15H,3-6H2,1-2H3. The normalized spacial score (nSPS) is 15.4. The average Bonchev–Trinajstić information content (AvgIpc) is 3.02. The molecule has 4 heteroatoms. The zero-order valence-electron chi connectivity index (χ0n) is 9.27. The maximum absolute atomic E-state index is 9.04. The van der Waals surface area contributed by atoms with Gasteiger partial charge in [0.25, 0.3) is 0 Å². The van der Waals surface area contributed by atoms with Crippen LogP contribution in [0.15, 0.2) is 6.20 Å². The van der Waals surface area contributed by atoms with Crippen LogP contribution in [0, 0.1) is 13.8 Å². The third-order valence-electron chi connectivity index (χ3n) is 2.65. The Morgan fingerprint density at radius 3 is 2.80 bits per heavy atom. The van der Waals surface area contributed by atoms with Gasteiger partial charge in [0.05, 0.1) is 18.0 Å². The summed E-state index contributed by atoms with van der Waals surface area (Å²) in [6.45, 7) is 4.74. The molecule has 0 aromatic carbocycles. The van der Waals surface area contributed by atoms with E-state index in [1.54, 1.807) is 6.20 Å². The van der Waals surface area contributed by atoms with Crippen LogP contribution in [0.3, 0.4) is 0 Å². The summed E-state index contributed by atoms with van der Waals surface area (Å²) in [5.74, 6) is 0.937. The fourth-order valence-electron chi connectivity index (χ4n) is 1.75. The van der Waals surface area contributed by atoms with Crippen LogP contribution >= 0.6 is 0 Å². The lowest BCUT2D eigenvalue weighted by Gasteiger charge is -2.23. The molecule has 2 rings (SSSR count). The van der Waals surface area contributed by atoms with Gasteiger partial charge in [0.1, 0.15) is 0 Å². The molecule has 1 saturated carbocycles. The SMILES string of the molecule is Cc1cnc(C)c(N(CCO)C2CC2)n1. The van der Waals surface area contributed by atoms with Gasteiger partial charge >= 0.3 is 0 Å². The monoisotopic (exact) mass is 207 g/mol. The minimum Gasteiger partial charge on any atom is -0.395 e. The lowest BCUT2D eigenvalue weighted by molar-refractivity contribution is 0.301. The number of aryl methyl sites for hydroxylation is 2. The van der Waals surface area contributed by atoms with Crippen molar-refractivity contribution in [2.75, 3.05) is 18.1 Å². The molecule has 1 aliphatic carbocycles. The van der Waals surface area contributed by atoms with Gasteiger partial charge in [-0.15, -0.1) is 0 Å². The smallest absolute Gasteiger partial charge is 0.150 e. The first-order valence-electron chi connectivity index (χ1n) is 5.40. The summed E-state index contributed by atoms with van der Waals surface area (Å²) in [5.41, 5.74) is 1.88. The Balaban J connectivity index is 2.27. The van der Waals surface area contributed by atoms with Crippen LogP contribution in [0.5, 0.6) is 0 Å². The van der Waals surface area contributed by atoms with E-state index in [0.29, 0.717) is 12.6 Å². The first kappa shape index (κ1) is 10.4. The number of nitrogens with zero attached hydrogens (tertiary/aromatic N) is 3. The fourth-order valence-corrected chi connectivity index (χ4v) is 1.75. The second-order valence-corrected chi connectivity index (χ2v) is 4.07. The molecule has 1 heterocycles. The van der Waals surface area contributed by atoms with Crippen molar-refractivity contribution in [1.29, 1.82) is 0 Å². The molecule has 1 N–H and O–H groups in total. The minimum absolute atomic E-state index is 0.172. The number of aliphatic hydroxyl groups excluding tert-OH is 1. The van der Waals surface area contributed by atoms with Crippen LogP contribution in [-0.4, -0.2) is 34.3 Å². The van der Waals surface area contributed by atoms with Gasteiger partial charge in [-0.2, -0.15) is 0 Å². The lowest BCUT2D eigenvalue weighted by atomic mass is 10.3. The van der Waals surface area contributed by atoms with Gasteiger partial charge in [-0.3, -0.25) is 4.98 Å². The number of hydrogen-bond acceptors (Lipinski definition) is 4. The Hall–Kier alpha value is -1.16. The van der Waals surface area contributed by atoms with Crippen molar-refractivity contribution in [2.24, 2.45) is 0 Å². The third-order valence-corrected chi connectivity index (χ3v) is 2.65. The van der Waals surface area contributed by atoms with E-state index in [1.165, 1.54) is 12.8 Å². The van der Waals surface area contributed by atoms with E-state index in [9.17, 15) is 0 Å². The number of hydrogen-bond donors (Lipinski definition) is 1. The molecule has 4 nitrogen and oxygen atoms in total. The maximum Gasteiger partial charge on any atom is 0.150 e. The largest absolute Gasteiger partial charge is 0.395 e. The molecular weight excluding hydrogens is 190 g/mol. The van der Waals surface area contributed by atoms with Gasteiger partial charge in [0.15, 0.2) is 5.82 Å². The van der Waals surface area contributed by atoms with Crippen molar-refractivity contribution < 1.29 is 5.11 Å². The highest BCUT2D eigenvalue weighted by atomic mass is 16.3. The first-order valence-corrected chi connectivity index (χ1v) is 5.40. The van der Waals surface area contributed by atoms with E-state index >= 15 is 0 Å². The highest BCUT2D eigenvalue weighted by molar-refractivity contribution is 5.45. The molecule has 1 aromatic heterocycles. The van der Waals surface area contributed by atoms with Crippen LogP contribution in [0.4, 0.5) is 5.82 Å². The number of anilines is 1. The molecule has 1 aliphatic rings. The Morgan fingerprint density at radius 2 is 2.20 bits per heavy atom. The maximum atomic E-state index is 9.04. The summed E-state index contributed by atoms with van der Waals surface area (Å²) in [6, 6.07) is 0.562. The molecule has 0 bridgehead atoms. The third kappa shape index (κ3) is 2.26.